The van der Waals surface area contributed by atoms with Gasteiger partial charge in [-0.2, -0.15) is 0 Å². The van der Waals surface area contributed by atoms with Crippen LogP contribution in [0.15, 0.2) is 42.2 Å². The van der Waals surface area contributed by atoms with Crippen molar-refractivity contribution in [2.24, 2.45) is 0 Å². The lowest BCUT2D eigenvalue weighted by atomic mass is 10.1. The molecule has 0 unspecified atom stereocenters. The molecule has 0 saturated heterocycles. The van der Waals surface area contributed by atoms with Crippen molar-refractivity contribution in [3.05, 3.63) is 42.2 Å². The number of alkyl halides is 1. The molecule has 0 spiro atoms. The van der Waals surface area contributed by atoms with E-state index < -0.39 is 0 Å². The second kappa shape index (κ2) is 21.2. The second-order valence-electron chi connectivity index (χ2n) is 5.65. The van der Waals surface area contributed by atoms with E-state index in [1.54, 1.807) is 0 Å². The summed E-state index contributed by atoms with van der Waals surface area (Å²) in [7, 11) is 0. The maximum atomic E-state index is 5.55. The summed E-state index contributed by atoms with van der Waals surface area (Å²) in [6.07, 6.45) is 25.2. The normalized spacial score (nSPS) is 11.2. The molecule has 0 radical (unpaired) electrons. The molecule has 0 aromatic carbocycles. The molecular formula is C21H35ClO. The molecule has 0 aliphatic heterocycles. The van der Waals surface area contributed by atoms with Crippen LogP contribution in [0.1, 0.15) is 71.1 Å². The Morgan fingerprint density at radius 3 is 2.35 bits per heavy atom. The lowest BCUT2D eigenvalue weighted by molar-refractivity contribution is 0.167. The van der Waals surface area contributed by atoms with Crippen molar-refractivity contribution in [1.82, 2.24) is 0 Å². The Kier molecular flexibility index (Phi) is 20.6. The fourth-order valence-corrected chi connectivity index (χ4v) is 2.22. The van der Waals surface area contributed by atoms with Crippen LogP contribution in [-0.4, -0.2) is 19.1 Å². The molecule has 0 N–H and O–H groups in total. The number of unbranched alkanes of at least 4 members (excludes halogenated alkanes) is 6. The summed E-state index contributed by atoms with van der Waals surface area (Å²) in [4.78, 5) is 0. The van der Waals surface area contributed by atoms with Crippen LogP contribution < -0.4 is 0 Å². The van der Waals surface area contributed by atoms with Gasteiger partial charge in [-0.1, -0.05) is 63.3 Å². The highest BCUT2D eigenvalue weighted by Gasteiger charge is 1.87. The van der Waals surface area contributed by atoms with E-state index in [9.17, 15) is 0 Å². The van der Waals surface area contributed by atoms with Gasteiger partial charge >= 0.3 is 0 Å². The van der Waals surface area contributed by atoms with Gasteiger partial charge in [0.05, 0.1) is 13.2 Å². The van der Waals surface area contributed by atoms with Crippen LogP contribution in [0.3, 0.4) is 0 Å². The first-order chi connectivity index (χ1) is 11.4. The highest BCUT2D eigenvalue weighted by Crippen LogP contribution is 2.07. The molecule has 0 aromatic heterocycles. The van der Waals surface area contributed by atoms with Crippen LogP contribution in [0.25, 0.3) is 0 Å². The number of hydrogen-bond donors (Lipinski definition) is 0. The highest BCUT2D eigenvalue weighted by molar-refractivity contribution is 6.17. The number of allylic oxidation sites excluding steroid dienone is 3. The first kappa shape index (κ1) is 22.2. The molecule has 0 saturated carbocycles. The van der Waals surface area contributed by atoms with Gasteiger partial charge in [0.1, 0.15) is 0 Å². The number of ether oxygens (including phenoxy) is 1. The Hall–Kier alpha value is -0.750. The molecular weight excluding hydrogens is 304 g/mol. The third kappa shape index (κ3) is 21.2. The molecule has 0 fully saturated rings. The van der Waals surface area contributed by atoms with Crippen molar-refractivity contribution in [3.8, 4) is 0 Å². The second-order valence-corrected chi connectivity index (χ2v) is 6.03. The largest absolute Gasteiger partial charge is 0.376 e. The van der Waals surface area contributed by atoms with E-state index in [-0.39, 0.29) is 0 Å². The minimum atomic E-state index is 0.630. The van der Waals surface area contributed by atoms with Crippen molar-refractivity contribution in [2.75, 3.05) is 19.1 Å². The molecule has 0 aliphatic carbocycles. The van der Waals surface area contributed by atoms with Crippen LogP contribution in [-0.2, 0) is 4.74 Å². The molecule has 2 heteroatoms. The molecule has 0 bridgehead atoms. The summed E-state index contributed by atoms with van der Waals surface area (Å²) in [6.45, 7) is 3.66. The highest BCUT2D eigenvalue weighted by atomic mass is 35.5. The zero-order valence-corrected chi connectivity index (χ0v) is 15.7. The predicted molar refractivity (Wildman–Crippen MR) is 104 cm³/mol. The van der Waals surface area contributed by atoms with E-state index >= 15 is 0 Å². The quantitative estimate of drug-likeness (QED) is 0.127. The van der Waals surface area contributed by atoms with Crippen molar-refractivity contribution >= 4 is 11.6 Å². The lowest BCUT2D eigenvalue weighted by Crippen LogP contribution is -1.91. The minimum absolute atomic E-state index is 0.630. The smallest absolute Gasteiger partial charge is 0.0721 e. The van der Waals surface area contributed by atoms with E-state index in [1.807, 2.05) is 12.2 Å². The third-order valence-corrected chi connectivity index (χ3v) is 3.67. The molecule has 0 rings (SSSR count). The Bertz CT molecular complexity index is 338. The maximum Gasteiger partial charge on any atom is 0.0721 e. The van der Waals surface area contributed by atoms with E-state index in [1.165, 1.54) is 44.9 Å². The first-order valence-corrected chi connectivity index (χ1v) is 9.78. The summed E-state index contributed by atoms with van der Waals surface area (Å²) in [5.74, 6) is 0.653. The van der Waals surface area contributed by atoms with E-state index in [2.05, 4.69) is 37.0 Å². The van der Waals surface area contributed by atoms with Crippen LogP contribution in [0.5, 0.6) is 0 Å². The lowest BCUT2D eigenvalue weighted by Gasteiger charge is -1.97. The Morgan fingerprint density at radius 2 is 1.57 bits per heavy atom. The topological polar surface area (TPSA) is 9.23 Å². The summed E-state index contributed by atoms with van der Waals surface area (Å²) >= 11 is 5.55. The molecule has 0 heterocycles. The number of halogens is 1. The fourth-order valence-electron chi connectivity index (χ4n) is 2.11. The molecule has 1 nitrogen and oxygen atoms in total. The first-order valence-electron chi connectivity index (χ1n) is 9.25. The van der Waals surface area contributed by atoms with E-state index in [0.717, 1.165) is 25.9 Å². The maximum absolute atomic E-state index is 5.55. The molecule has 0 aliphatic rings. The van der Waals surface area contributed by atoms with Gasteiger partial charge in [-0.15, -0.1) is 17.3 Å². The van der Waals surface area contributed by atoms with E-state index in [0.29, 0.717) is 12.5 Å². The molecule has 0 aromatic rings. The fraction of sp³-hybridized carbons (Fsp3) is 0.667. The summed E-state index contributed by atoms with van der Waals surface area (Å²) in [5, 5.41) is 0. The number of hydrogen-bond acceptors (Lipinski definition) is 1. The zero-order valence-electron chi connectivity index (χ0n) is 14.9. The average Bonchev–Trinajstić information content (AvgIpc) is 2.57. The zero-order chi connectivity index (χ0) is 16.8. The van der Waals surface area contributed by atoms with Crippen molar-refractivity contribution in [1.29, 1.82) is 0 Å². The Morgan fingerprint density at radius 1 is 0.826 bits per heavy atom. The van der Waals surface area contributed by atoms with Crippen molar-refractivity contribution < 1.29 is 4.74 Å². The Balaban J connectivity index is 3.27. The van der Waals surface area contributed by atoms with Gasteiger partial charge < -0.3 is 4.74 Å². The summed E-state index contributed by atoms with van der Waals surface area (Å²) in [6, 6.07) is 0. The van der Waals surface area contributed by atoms with Gasteiger partial charge in [0, 0.05) is 5.88 Å². The van der Waals surface area contributed by atoms with Gasteiger partial charge in [-0.3, -0.25) is 0 Å². The van der Waals surface area contributed by atoms with Crippen LogP contribution in [0.2, 0.25) is 0 Å². The average molecular weight is 339 g/mol. The molecule has 132 valence electrons. The van der Waals surface area contributed by atoms with Crippen molar-refractivity contribution in [3.63, 3.8) is 0 Å². The molecule has 23 heavy (non-hydrogen) atoms. The SMILES string of the molecule is CCCCCCCCC=CCC=CCCOCC=C=CCCCl. The predicted octanol–water partition coefficient (Wildman–Crippen LogP) is 6.99. The van der Waals surface area contributed by atoms with Gasteiger partial charge in [0.2, 0.25) is 0 Å². The van der Waals surface area contributed by atoms with Gasteiger partial charge in [0.25, 0.3) is 0 Å². The van der Waals surface area contributed by atoms with Gasteiger partial charge in [-0.25, -0.2) is 0 Å². The van der Waals surface area contributed by atoms with Gasteiger partial charge in [0.15, 0.2) is 0 Å². The van der Waals surface area contributed by atoms with Crippen LogP contribution in [0, 0.1) is 0 Å². The van der Waals surface area contributed by atoms with E-state index in [4.69, 9.17) is 16.3 Å². The van der Waals surface area contributed by atoms with Gasteiger partial charge in [-0.05, 0) is 44.3 Å². The minimum Gasteiger partial charge on any atom is -0.376 e. The molecule has 0 amide bonds. The standard InChI is InChI=1S/C21H35ClO/c1-2-3-4-5-6-7-8-9-10-11-12-14-17-20-23-21-18-15-13-16-19-22/h9-10,12-14,18H,2-8,11,16-17,19-21H2,1H3. The molecule has 0 atom stereocenters. The number of rotatable bonds is 16. The monoisotopic (exact) mass is 338 g/mol. The summed E-state index contributed by atoms with van der Waals surface area (Å²) < 4.78 is 5.47. The van der Waals surface area contributed by atoms with Crippen molar-refractivity contribution in [2.45, 2.75) is 71.1 Å². The summed E-state index contributed by atoms with van der Waals surface area (Å²) in [5.41, 5.74) is 3.05. The van der Waals surface area contributed by atoms with Crippen LogP contribution in [0.4, 0.5) is 0 Å². The Labute approximate surface area is 149 Å². The van der Waals surface area contributed by atoms with Crippen LogP contribution >= 0.6 is 11.6 Å². The third-order valence-electron chi connectivity index (χ3n) is 3.45.